The van der Waals surface area contributed by atoms with Gasteiger partial charge in [0, 0.05) is 19.0 Å². The fraction of sp³-hybridized carbons (Fsp3) is 0.280. The van der Waals surface area contributed by atoms with Crippen LogP contribution in [0.1, 0.15) is 40.9 Å². The van der Waals surface area contributed by atoms with E-state index >= 15 is 0 Å². The molecule has 3 aromatic rings. The van der Waals surface area contributed by atoms with E-state index < -0.39 is 22.0 Å². The van der Waals surface area contributed by atoms with E-state index in [4.69, 9.17) is 28.9 Å². The lowest BCUT2D eigenvalue weighted by molar-refractivity contribution is 0.102. The molecule has 3 atom stereocenters. The van der Waals surface area contributed by atoms with Crippen LogP contribution in [0.2, 0.25) is 10.0 Å². The predicted octanol–water partition coefficient (Wildman–Crippen LogP) is 4.84. The first-order valence-corrected chi connectivity index (χ1v) is 13.5. The van der Waals surface area contributed by atoms with Gasteiger partial charge in [-0.05, 0) is 54.2 Å². The number of benzene rings is 2. The zero-order valence-electron chi connectivity index (χ0n) is 18.9. The van der Waals surface area contributed by atoms with E-state index in [1.54, 1.807) is 42.5 Å². The highest BCUT2D eigenvalue weighted by atomic mass is 35.5. The highest BCUT2D eigenvalue weighted by Crippen LogP contribution is 2.47. The number of nitrogens with one attached hydrogen (secondary N) is 1. The first kappa shape index (κ1) is 24.1. The van der Waals surface area contributed by atoms with Crippen molar-refractivity contribution in [2.75, 3.05) is 16.2 Å². The first-order chi connectivity index (χ1) is 16.6. The Kier molecular flexibility index (Phi) is 6.25. The van der Waals surface area contributed by atoms with Crippen LogP contribution < -0.4 is 15.4 Å². The molecular weight excluding hydrogens is 507 g/mol. The van der Waals surface area contributed by atoms with Crippen molar-refractivity contribution in [1.29, 1.82) is 0 Å². The summed E-state index contributed by atoms with van der Waals surface area (Å²) in [6.45, 7) is 2.26. The molecule has 10 heteroatoms. The standard InChI is InChI=1S/C25H24Cl2N4O3S/c1-14-8-19(14)15-4-2-5-18(9-15)35(33,34)31-13-16(28)10-22-23(31)11-17(12-29-22)30-25(32)24-20(26)6-3-7-21(24)27/h2-7,9,11-12,14,16,19H,8,10,13,28H2,1H3,(H,30,32)/t14-,16?,19?/m0/s1. The van der Waals surface area contributed by atoms with Crippen molar-refractivity contribution >= 4 is 50.5 Å². The SMILES string of the molecule is C[C@H]1CC1c1cccc(S(=O)(=O)N2CC(N)Cc3ncc(NC(=O)c4c(Cl)cccc4Cl)cc32)c1. The van der Waals surface area contributed by atoms with Crippen LogP contribution in [-0.4, -0.2) is 31.9 Å². The van der Waals surface area contributed by atoms with Crippen molar-refractivity contribution in [3.63, 3.8) is 0 Å². The van der Waals surface area contributed by atoms with E-state index in [2.05, 4.69) is 17.2 Å². The Morgan fingerprint density at radius 1 is 1.14 bits per heavy atom. The Labute approximate surface area is 214 Å². The molecule has 1 amide bonds. The van der Waals surface area contributed by atoms with Gasteiger partial charge in [0.15, 0.2) is 0 Å². The van der Waals surface area contributed by atoms with Gasteiger partial charge in [-0.3, -0.25) is 14.1 Å². The maximum absolute atomic E-state index is 13.7. The third-order valence-electron chi connectivity index (χ3n) is 6.50. The number of sulfonamides is 1. The van der Waals surface area contributed by atoms with E-state index in [0.29, 0.717) is 35.3 Å². The number of amides is 1. The van der Waals surface area contributed by atoms with E-state index in [-0.39, 0.29) is 27.0 Å². The van der Waals surface area contributed by atoms with Gasteiger partial charge in [-0.2, -0.15) is 0 Å². The van der Waals surface area contributed by atoms with Crippen molar-refractivity contribution in [2.45, 2.75) is 36.6 Å². The molecule has 2 unspecified atom stereocenters. The number of hydrogen-bond donors (Lipinski definition) is 2. The van der Waals surface area contributed by atoms with Crippen molar-refractivity contribution in [2.24, 2.45) is 11.7 Å². The zero-order valence-corrected chi connectivity index (χ0v) is 21.2. The minimum atomic E-state index is -3.91. The summed E-state index contributed by atoms with van der Waals surface area (Å²) in [4.78, 5) is 17.5. The maximum atomic E-state index is 13.7. The summed E-state index contributed by atoms with van der Waals surface area (Å²) in [6.07, 6.45) is 2.95. The number of carbonyl (C=O) groups excluding carboxylic acids is 1. The first-order valence-electron chi connectivity index (χ1n) is 11.3. The van der Waals surface area contributed by atoms with Crippen LogP contribution >= 0.6 is 23.2 Å². The van der Waals surface area contributed by atoms with E-state index in [0.717, 1.165) is 12.0 Å². The molecule has 1 saturated carbocycles. The number of nitrogens with zero attached hydrogens (tertiary/aromatic N) is 2. The molecule has 2 aromatic carbocycles. The fourth-order valence-corrected chi connectivity index (χ4v) is 6.67. The molecule has 2 heterocycles. The Hall–Kier alpha value is -2.65. The summed E-state index contributed by atoms with van der Waals surface area (Å²) in [5.74, 6) is 0.427. The molecule has 1 fully saturated rings. The second-order valence-corrected chi connectivity index (χ2v) is 11.8. The summed E-state index contributed by atoms with van der Waals surface area (Å²) < 4.78 is 28.8. The van der Waals surface area contributed by atoms with Gasteiger partial charge in [0.1, 0.15) is 0 Å². The highest BCUT2D eigenvalue weighted by molar-refractivity contribution is 7.92. The molecule has 0 spiro atoms. The fourth-order valence-electron chi connectivity index (χ4n) is 4.50. The van der Waals surface area contributed by atoms with Crippen molar-refractivity contribution < 1.29 is 13.2 Å². The molecule has 1 aliphatic heterocycles. The Morgan fingerprint density at radius 3 is 2.51 bits per heavy atom. The summed E-state index contributed by atoms with van der Waals surface area (Å²) in [5, 5.41) is 3.15. The Bertz CT molecular complexity index is 1410. The number of hydrogen-bond acceptors (Lipinski definition) is 5. The van der Waals surface area contributed by atoms with E-state index in [9.17, 15) is 13.2 Å². The number of rotatable bonds is 5. The molecule has 0 saturated heterocycles. The van der Waals surface area contributed by atoms with E-state index in [1.165, 1.54) is 10.5 Å². The van der Waals surface area contributed by atoms with Gasteiger partial charge in [0.25, 0.3) is 15.9 Å². The lowest BCUT2D eigenvalue weighted by atomic mass is 10.1. The topological polar surface area (TPSA) is 105 Å². The average molecular weight is 531 g/mol. The van der Waals surface area contributed by atoms with Gasteiger partial charge in [-0.15, -0.1) is 0 Å². The second kappa shape index (κ2) is 9.09. The molecule has 35 heavy (non-hydrogen) atoms. The quantitative estimate of drug-likeness (QED) is 0.490. The largest absolute Gasteiger partial charge is 0.326 e. The third-order valence-corrected chi connectivity index (χ3v) is 8.91. The molecule has 1 aliphatic carbocycles. The number of pyridine rings is 1. The van der Waals surface area contributed by atoms with Gasteiger partial charge in [0.2, 0.25) is 0 Å². The number of halogens is 2. The molecule has 0 radical (unpaired) electrons. The van der Waals surface area contributed by atoms with E-state index in [1.807, 2.05) is 6.07 Å². The number of anilines is 2. The van der Waals surface area contributed by atoms with Crippen molar-refractivity contribution in [3.8, 4) is 0 Å². The summed E-state index contributed by atoms with van der Waals surface area (Å²) in [5.41, 5.74) is 8.62. The van der Waals surface area contributed by atoms with Crippen LogP contribution in [0, 0.1) is 5.92 Å². The number of aromatic nitrogens is 1. The molecule has 182 valence electrons. The van der Waals surface area contributed by atoms with Gasteiger partial charge >= 0.3 is 0 Å². The molecule has 2 aliphatic rings. The second-order valence-electron chi connectivity index (χ2n) is 9.13. The molecule has 0 bridgehead atoms. The summed E-state index contributed by atoms with van der Waals surface area (Å²) >= 11 is 12.3. The smallest absolute Gasteiger partial charge is 0.264 e. The minimum absolute atomic E-state index is 0.106. The van der Waals surface area contributed by atoms with Crippen LogP contribution in [0.5, 0.6) is 0 Å². The van der Waals surface area contributed by atoms with Crippen molar-refractivity contribution in [1.82, 2.24) is 4.98 Å². The zero-order chi connectivity index (χ0) is 24.9. The van der Waals surface area contributed by atoms with Crippen LogP contribution in [0.3, 0.4) is 0 Å². The molecule has 1 aromatic heterocycles. The lowest BCUT2D eigenvalue weighted by Crippen LogP contribution is -2.46. The summed E-state index contributed by atoms with van der Waals surface area (Å²) in [6, 6.07) is 13.1. The molecule has 5 rings (SSSR count). The number of fused-ring (bicyclic) bond motifs is 1. The summed E-state index contributed by atoms with van der Waals surface area (Å²) in [7, 11) is -3.91. The lowest BCUT2D eigenvalue weighted by Gasteiger charge is -2.33. The van der Waals surface area contributed by atoms with Crippen LogP contribution in [-0.2, 0) is 16.4 Å². The minimum Gasteiger partial charge on any atom is -0.326 e. The maximum Gasteiger partial charge on any atom is 0.264 e. The predicted molar refractivity (Wildman–Crippen MR) is 138 cm³/mol. The van der Waals surface area contributed by atoms with Crippen LogP contribution in [0.4, 0.5) is 11.4 Å². The Morgan fingerprint density at radius 2 is 1.83 bits per heavy atom. The average Bonchev–Trinajstić information content (AvgIpc) is 3.55. The number of nitrogens with two attached hydrogens (primary N) is 1. The molecule has 3 N–H and O–H groups in total. The molecule has 7 nitrogen and oxygen atoms in total. The van der Waals surface area contributed by atoms with Crippen LogP contribution in [0.15, 0.2) is 59.6 Å². The monoisotopic (exact) mass is 530 g/mol. The highest BCUT2D eigenvalue weighted by Gasteiger charge is 2.37. The van der Waals surface area contributed by atoms with Gasteiger partial charge in [-0.1, -0.05) is 48.3 Å². The van der Waals surface area contributed by atoms with Crippen molar-refractivity contribution in [3.05, 3.63) is 81.6 Å². The normalized spacial score (nSPS) is 21.4. The van der Waals surface area contributed by atoms with Gasteiger partial charge in [-0.25, -0.2) is 8.42 Å². The Balaban J connectivity index is 1.49. The third kappa shape index (κ3) is 4.63. The molecular formula is C25H24Cl2N4O3S. The van der Waals surface area contributed by atoms with Gasteiger partial charge < -0.3 is 11.1 Å². The van der Waals surface area contributed by atoms with Crippen LogP contribution in [0.25, 0.3) is 0 Å². The number of carbonyl (C=O) groups is 1. The van der Waals surface area contributed by atoms with Gasteiger partial charge in [0.05, 0.1) is 43.8 Å².